The van der Waals surface area contributed by atoms with Crippen LogP contribution in [0.4, 0.5) is 0 Å². The number of aliphatic carboxylic acids is 1. The summed E-state index contributed by atoms with van der Waals surface area (Å²) in [7, 11) is 0. The normalized spacial score (nSPS) is 12.3. The standard InChI is InChI=1S/C34H64O4/c1-3-5-7-9-11-12-13-14-15-16-17-23-27-31-34(37)38-32(28-24-20-10-8-6-4-2)29-25-21-18-19-22-26-30-33(35)36/h12-13,32H,3-11,14-31H2,1-2H3,(H,35,36). The number of rotatable bonds is 30. The molecule has 0 bridgehead atoms. The molecule has 1 N–H and O–H groups in total. The Bertz CT molecular complexity index is 543. The van der Waals surface area contributed by atoms with Crippen molar-refractivity contribution in [2.45, 2.75) is 193 Å². The molecule has 0 heterocycles. The summed E-state index contributed by atoms with van der Waals surface area (Å²) >= 11 is 0. The average molecular weight is 537 g/mol. The first-order chi connectivity index (χ1) is 18.6. The van der Waals surface area contributed by atoms with E-state index in [1.165, 1.54) is 89.9 Å². The molecule has 0 aliphatic rings. The second-order valence-electron chi connectivity index (χ2n) is 11.3. The maximum Gasteiger partial charge on any atom is 0.306 e. The van der Waals surface area contributed by atoms with Crippen LogP contribution in [-0.4, -0.2) is 23.1 Å². The fraction of sp³-hybridized carbons (Fsp3) is 0.882. The molecule has 1 atom stereocenters. The SMILES string of the molecule is CCCCCCC=CCCCCCCCC(=O)OC(CCCCCCCC)CCCCCCCCC(=O)O. The van der Waals surface area contributed by atoms with Crippen LogP contribution in [0, 0.1) is 0 Å². The lowest BCUT2D eigenvalue weighted by atomic mass is 10.0. The summed E-state index contributed by atoms with van der Waals surface area (Å²) in [4.78, 5) is 23.1. The lowest BCUT2D eigenvalue weighted by Crippen LogP contribution is -2.18. The van der Waals surface area contributed by atoms with E-state index >= 15 is 0 Å². The topological polar surface area (TPSA) is 63.6 Å². The van der Waals surface area contributed by atoms with Crippen molar-refractivity contribution in [2.24, 2.45) is 0 Å². The number of allylic oxidation sites excluding steroid dienone is 2. The summed E-state index contributed by atoms with van der Waals surface area (Å²) in [6, 6.07) is 0. The Balaban J connectivity index is 3.97. The van der Waals surface area contributed by atoms with Crippen molar-refractivity contribution in [1.29, 1.82) is 0 Å². The smallest absolute Gasteiger partial charge is 0.306 e. The lowest BCUT2D eigenvalue weighted by molar-refractivity contribution is -0.150. The van der Waals surface area contributed by atoms with E-state index in [-0.39, 0.29) is 18.5 Å². The van der Waals surface area contributed by atoms with Crippen LogP contribution in [0.1, 0.15) is 187 Å². The zero-order chi connectivity index (χ0) is 27.9. The van der Waals surface area contributed by atoms with Gasteiger partial charge in [0.25, 0.3) is 0 Å². The number of esters is 1. The highest BCUT2D eigenvalue weighted by Crippen LogP contribution is 2.18. The van der Waals surface area contributed by atoms with Gasteiger partial charge in [0, 0.05) is 12.8 Å². The monoisotopic (exact) mass is 536 g/mol. The first kappa shape index (κ1) is 36.7. The Morgan fingerprint density at radius 2 is 0.947 bits per heavy atom. The van der Waals surface area contributed by atoms with Crippen LogP contribution in [0.25, 0.3) is 0 Å². The number of carbonyl (C=O) groups is 2. The molecule has 0 aliphatic heterocycles. The zero-order valence-electron chi connectivity index (χ0n) is 25.5. The molecule has 0 aromatic carbocycles. The first-order valence-electron chi connectivity index (χ1n) is 16.7. The van der Waals surface area contributed by atoms with Gasteiger partial charge in [-0.15, -0.1) is 0 Å². The van der Waals surface area contributed by atoms with Crippen LogP contribution in [0.15, 0.2) is 12.2 Å². The molecule has 1 unspecified atom stereocenters. The maximum absolute atomic E-state index is 12.5. The average Bonchev–Trinajstić information content (AvgIpc) is 2.89. The third-order valence-electron chi connectivity index (χ3n) is 7.49. The fourth-order valence-corrected chi connectivity index (χ4v) is 5.00. The minimum atomic E-state index is -0.694. The zero-order valence-corrected chi connectivity index (χ0v) is 25.5. The molecule has 0 saturated carbocycles. The largest absolute Gasteiger partial charge is 0.481 e. The molecular weight excluding hydrogens is 472 g/mol. The molecule has 0 amide bonds. The molecule has 0 saturated heterocycles. The summed E-state index contributed by atoms with van der Waals surface area (Å²) in [6.07, 6.45) is 35.1. The van der Waals surface area contributed by atoms with Crippen LogP contribution in [0.3, 0.4) is 0 Å². The highest BCUT2D eigenvalue weighted by Gasteiger charge is 2.14. The van der Waals surface area contributed by atoms with Crippen molar-refractivity contribution in [3.05, 3.63) is 12.2 Å². The predicted molar refractivity (Wildman–Crippen MR) is 163 cm³/mol. The summed E-state index contributed by atoms with van der Waals surface area (Å²) < 4.78 is 5.94. The highest BCUT2D eigenvalue weighted by atomic mass is 16.5. The van der Waals surface area contributed by atoms with Gasteiger partial charge < -0.3 is 9.84 Å². The van der Waals surface area contributed by atoms with Crippen LogP contribution < -0.4 is 0 Å². The van der Waals surface area contributed by atoms with Gasteiger partial charge in [-0.2, -0.15) is 0 Å². The van der Waals surface area contributed by atoms with Gasteiger partial charge >= 0.3 is 11.9 Å². The molecule has 4 nitrogen and oxygen atoms in total. The molecule has 224 valence electrons. The van der Waals surface area contributed by atoms with E-state index in [4.69, 9.17) is 9.84 Å². The second kappa shape index (κ2) is 30.2. The minimum Gasteiger partial charge on any atom is -0.481 e. The number of carboxylic acid groups (broad SMARTS) is 1. The Morgan fingerprint density at radius 1 is 0.553 bits per heavy atom. The Hall–Kier alpha value is -1.32. The number of unbranched alkanes of at least 4 members (excludes halogenated alkanes) is 19. The molecule has 0 rings (SSSR count). The van der Waals surface area contributed by atoms with Crippen molar-refractivity contribution in [1.82, 2.24) is 0 Å². The molecule has 38 heavy (non-hydrogen) atoms. The number of hydrogen-bond acceptors (Lipinski definition) is 3. The summed E-state index contributed by atoms with van der Waals surface area (Å²) in [5, 5.41) is 8.73. The van der Waals surface area contributed by atoms with Crippen molar-refractivity contribution in [3.63, 3.8) is 0 Å². The van der Waals surface area contributed by atoms with Crippen LogP contribution >= 0.6 is 0 Å². The van der Waals surface area contributed by atoms with E-state index in [1.807, 2.05) is 0 Å². The van der Waals surface area contributed by atoms with E-state index in [0.29, 0.717) is 6.42 Å². The third kappa shape index (κ3) is 29.2. The number of carboxylic acids is 1. The van der Waals surface area contributed by atoms with Crippen molar-refractivity contribution >= 4 is 11.9 Å². The third-order valence-corrected chi connectivity index (χ3v) is 7.49. The van der Waals surface area contributed by atoms with Gasteiger partial charge in [0.05, 0.1) is 0 Å². The van der Waals surface area contributed by atoms with Gasteiger partial charge in [0.2, 0.25) is 0 Å². The van der Waals surface area contributed by atoms with E-state index in [0.717, 1.165) is 70.6 Å². The van der Waals surface area contributed by atoms with Gasteiger partial charge in [-0.3, -0.25) is 9.59 Å². The van der Waals surface area contributed by atoms with Gasteiger partial charge in [-0.1, -0.05) is 122 Å². The molecule has 0 aromatic rings. The quantitative estimate of drug-likeness (QED) is 0.0563. The van der Waals surface area contributed by atoms with Crippen molar-refractivity contribution < 1.29 is 19.4 Å². The Kier molecular flexibility index (Phi) is 29.2. The van der Waals surface area contributed by atoms with Crippen LogP contribution in [-0.2, 0) is 14.3 Å². The van der Waals surface area contributed by atoms with Crippen molar-refractivity contribution in [3.8, 4) is 0 Å². The number of carbonyl (C=O) groups excluding carboxylic acids is 1. The molecule has 0 fully saturated rings. The van der Waals surface area contributed by atoms with Crippen LogP contribution in [0.5, 0.6) is 0 Å². The lowest BCUT2D eigenvalue weighted by Gasteiger charge is -2.18. The Labute approximate surface area is 236 Å². The molecular formula is C34H64O4. The van der Waals surface area contributed by atoms with E-state index in [1.54, 1.807) is 0 Å². The molecule has 0 aromatic heterocycles. The van der Waals surface area contributed by atoms with E-state index in [2.05, 4.69) is 26.0 Å². The Morgan fingerprint density at radius 3 is 1.45 bits per heavy atom. The van der Waals surface area contributed by atoms with Gasteiger partial charge in [0.15, 0.2) is 0 Å². The first-order valence-corrected chi connectivity index (χ1v) is 16.7. The minimum absolute atomic E-state index is 0.000611. The summed E-state index contributed by atoms with van der Waals surface area (Å²) in [5.74, 6) is -0.693. The van der Waals surface area contributed by atoms with Crippen molar-refractivity contribution in [2.75, 3.05) is 0 Å². The molecule has 0 aliphatic carbocycles. The van der Waals surface area contributed by atoms with Gasteiger partial charge in [0.1, 0.15) is 6.10 Å². The summed E-state index contributed by atoms with van der Waals surface area (Å²) in [6.45, 7) is 4.50. The van der Waals surface area contributed by atoms with E-state index in [9.17, 15) is 9.59 Å². The maximum atomic E-state index is 12.5. The number of hydrogen-bond donors (Lipinski definition) is 1. The molecule has 0 radical (unpaired) electrons. The molecule has 4 heteroatoms. The second-order valence-corrected chi connectivity index (χ2v) is 11.3. The van der Waals surface area contributed by atoms with Crippen LogP contribution in [0.2, 0.25) is 0 Å². The summed E-state index contributed by atoms with van der Waals surface area (Å²) in [5.41, 5.74) is 0. The fourth-order valence-electron chi connectivity index (χ4n) is 5.00. The van der Waals surface area contributed by atoms with Gasteiger partial charge in [-0.25, -0.2) is 0 Å². The predicted octanol–water partition coefficient (Wildman–Crippen LogP) is 11.1. The molecule has 0 spiro atoms. The number of ether oxygens (including phenoxy) is 1. The van der Waals surface area contributed by atoms with Gasteiger partial charge in [-0.05, 0) is 64.2 Å². The van der Waals surface area contributed by atoms with E-state index < -0.39 is 5.97 Å². The highest BCUT2D eigenvalue weighted by molar-refractivity contribution is 5.69.